The van der Waals surface area contributed by atoms with Gasteiger partial charge in [0, 0.05) is 54.2 Å². The number of piperidine rings is 1. The molecule has 35 heavy (non-hydrogen) atoms. The highest BCUT2D eigenvalue weighted by Gasteiger charge is 2.29. The molecule has 4 aromatic rings. The highest BCUT2D eigenvalue weighted by molar-refractivity contribution is 6.35. The number of H-pyrrole nitrogens is 1. The molecule has 1 N–H and O–H groups in total. The molecule has 1 aromatic carbocycles. The molecule has 9 heteroatoms. The zero-order chi connectivity index (χ0) is 23.9. The van der Waals surface area contributed by atoms with Crippen LogP contribution in [0.3, 0.4) is 0 Å². The number of nitrogens with one attached hydrogen (secondary N) is 1. The molecule has 0 unspecified atom stereocenters. The molecule has 0 radical (unpaired) electrons. The third-order valence-electron chi connectivity index (χ3n) is 7.48. The number of fused-ring (bicyclic) bond motifs is 1. The molecule has 0 bridgehead atoms. The van der Waals surface area contributed by atoms with Crippen molar-refractivity contribution in [1.29, 1.82) is 0 Å². The summed E-state index contributed by atoms with van der Waals surface area (Å²) in [5, 5.41) is 14.4. The van der Waals surface area contributed by atoms with E-state index in [2.05, 4.69) is 31.0 Å². The Morgan fingerprint density at radius 1 is 1.03 bits per heavy atom. The summed E-state index contributed by atoms with van der Waals surface area (Å²) in [5.41, 5.74) is 3.54. The summed E-state index contributed by atoms with van der Waals surface area (Å²) < 4.78 is 8.34. The number of aromatic nitrogens is 5. The molecule has 1 saturated carbocycles. The maximum absolute atomic E-state index is 6.32. The summed E-state index contributed by atoms with van der Waals surface area (Å²) >= 11 is 12.6. The van der Waals surface area contributed by atoms with Gasteiger partial charge < -0.3 is 9.64 Å². The number of hydrogen-bond acceptors (Lipinski definition) is 5. The van der Waals surface area contributed by atoms with E-state index in [9.17, 15) is 0 Å². The molecule has 4 heterocycles. The number of rotatable bonds is 6. The molecule has 7 nitrogen and oxygen atoms in total. The van der Waals surface area contributed by atoms with Crippen molar-refractivity contribution < 1.29 is 4.74 Å². The fourth-order valence-corrected chi connectivity index (χ4v) is 5.96. The number of aromatic amines is 1. The number of hydrogen-bond donors (Lipinski definition) is 1. The number of ether oxygens (including phenoxy) is 1. The normalized spacial score (nSPS) is 18.6. The van der Waals surface area contributed by atoms with Gasteiger partial charge in [-0.05, 0) is 50.8 Å². The van der Waals surface area contributed by atoms with Crippen LogP contribution >= 0.6 is 23.2 Å². The van der Waals surface area contributed by atoms with Crippen LogP contribution in [-0.4, -0.2) is 49.0 Å². The van der Waals surface area contributed by atoms with Crippen molar-refractivity contribution in [3.8, 4) is 17.0 Å². The Kier molecular flexibility index (Phi) is 6.16. The maximum Gasteiger partial charge on any atom is 0.124 e. The Labute approximate surface area is 214 Å². The van der Waals surface area contributed by atoms with Crippen LogP contribution in [0.5, 0.6) is 5.75 Å². The lowest BCUT2D eigenvalue weighted by Crippen LogP contribution is -2.45. The van der Waals surface area contributed by atoms with Gasteiger partial charge in [-0.1, -0.05) is 29.6 Å². The van der Waals surface area contributed by atoms with Crippen LogP contribution < -0.4 is 4.74 Å². The molecule has 6 rings (SSSR count). The smallest absolute Gasteiger partial charge is 0.124 e. The summed E-state index contributed by atoms with van der Waals surface area (Å²) in [4.78, 5) is 6.69. The number of halogens is 2. The molecule has 2 aliphatic rings. The minimum absolute atomic E-state index is 0.334. The minimum Gasteiger partial charge on any atom is -0.486 e. The molecule has 3 aromatic heterocycles. The fraction of sp³-hybridized carbons (Fsp3) is 0.423. The molecule has 2 fully saturated rings. The first-order valence-corrected chi connectivity index (χ1v) is 13.0. The molecule has 1 atom stereocenters. The van der Waals surface area contributed by atoms with Crippen molar-refractivity contribution in [3.05, 3.63) is 58.6 Å². The van der Waals surface area contributed by atoms with Gasteiger partial charge in [0.1, 0.15) is 17.5 Å². The lowest BCUT2D eigenvalue weighted by Gasteiger charge is -2.41. The van der Waals surface area contributed by atoms with Crippen LogP contribution in [0.1, 0.15) is 56.7 Å². The molecule has 0 spiro atoms. The minimum atomic E-state index is -0.334. The Bertz CT molecular complexity index is 1320. The summed E-state index contributed by atoms with van der Waals surface area (Å²) in [6, 6.07) is 7.17. The van der Waals surface area contributed by atoms with Crippen LogP contribution in [0.2, 0.25) is 10.0 Å². The summed E-state index contributed by atoms with van der Waals surface area (Å²) in [7, 11) is 0. The lowest BCUT2D eigenvalue weighted by molar-refractivity contribution is 0.0842. The fourth-order valence-electron chi connectivity index (χ4n) is 5.29. The van der Waals surface area contributed by atoms with Crippen LogP contribution in [0.4, 0.5) is 0 Å². The van der Waals surface area contributed by atoms with Gasteiger partial charge >= 0.3 is 0 Å². The van der Waals surface area contributed by atoms with Gasteiger partial charge in [0.2, 0.25) is 0 Å². The first-order chi connectivity index (χ1) is 17.1. The lowest BCUT2D eigenvalue weighted by atomic mass is 9.89. The Hall–Kier alpha value is -2.61. The molecule has 0 amide bonds. The zero-order valence-corrected chi connectivity index (χ0v) is 21.1. The Morgan fingerprint density at radius 2 is 1.80 bits per heavy atom. The van der Waals surface area contributed by atoms with Gasteiger partial charge in [-0.15, -0.1) is 0 Å². The third kappa shape index (κ3) is 4.41. The van der Waals surface area contributed by atoms with Crippen molar-refractivity contribution in [3.63, 3.8) is 0 Å². The number of benzene rings is 1. The number of likely N-dealkylation sites (tertiary alicyclic amines) is 1. The summed E-state index contributed by atoms with van der Waals surface area (Å²) in [6.07, 6.45) is 13.3. The maximum atomic E-state index is 6.32. The Balaban J connectivity index is 1.20. The van der Waals surface area contributed by atoms with Crippen LogP contribution in [0, 0.1) is 0 Å². The SMILES string of the molecule is C[C@@H](Oc1ccc2[nH]nc(-c3cnn(C4CCN(C5CCC5)CC4)c3)c2c1)c1c(Cl)cncc1Cl. The van der Waals surface area contributed by atoms with Crippen molar-refractivity contribution in [2.75, 3.05) is 13.1 Å². The van der Waals surface area contributed by atoms with Crippen LogP contribution in [-0.2, 0) is 0 Å². The number of pyridine rings is 1. The van der Waals surface area contributed by atoms with Crippen molar-refractivity contribution >= 4 is 34.1 Å². The topological polar surface area (TPSA) is 71.9 Å². The van der Waals surface area contributed by atoms with Gasteiger partial charge in [0.25, 0.3) is 0 Å². The van der Waals surface area contributed by atoms with Crippen molar-refractivity contribution in [2.24, 2.45) is 0 Å². The van der Waals surface area contributed by atoms with E-state index in [1.54, 1.807) is 12.4 Å². The quantitative estimate of drug-likeness (QED) is 0.322. The van der Waals surface area contributed by atoms with Crippen molar-refractivity contribution in [2.45, 2.75) is 57.2 Å². The van der Waals surface area contributed by atoms with Gasteiger partial charge in [-0.2, -0.15) is 10.2 Å². The second-order valence-electron chi connectivity index (χ2n) is 9.62. The predicted molar refractivity (Wildman–Crippen MR) is 138 cm³/mol. The van der Waals surface area contributed by atoms with E-state index in [4.69, 9.17) is 33.0 Å². The zero-order valence-electron chi connectivity index (χ0n) is 19.6. The molecule has 1 aliphatic carbocycles. The average Bonchev–Trinajstić information content (AvgIpc) is 3.45. The van der Waals surface area contributed by atoms with E-state index in [1.165, 1.54) is 32.4 Å². The number of nitrogens with zero attached hydrogens (tertiary/aromatic N) is 5. The second kappa shape index (κ2) is 9.45. The van der Waals surface area contributed by atoms with E-state index < -0.39 is 0 Å². The highest BCUT2D eigenvalue weighted by atomic mass is 35.5. The van der Waals surface area contributed by atoms with Gasteiger partial charge in [-0.25, -0.2) is 0 Å². The van der Waals surface area contributed by atoms with Crippen LogP contribution in [0.15, 0.2) is 43.0 Å². The molecule has 1 aliphatic heterocycles. The van der Waals surface area contributed by atoms with Gasteiger partial charge in [0.15, 0.2) is 0 Å². The standard InChI is InChI=1S/C26H28Cl2N6O/c1-16(25-22(27)13-29-14-23(25)28)35-20-5-6-24-21(11-20)26(32-31-24)17-12-30-34(15-17)19-7-9-33(10-8-19)18-3-2-4-18/h5-6,11-16,18-19H,2-4,7-10H2,1H3,(H,31,32)/t16-/m1/s1. The summed E-state index contributed by atoms with van der Waals surface area (Å²) in [6.45, 7) is 4.26. The molecule has 182 valence electrons. The van der Waals surface area contributed by atoms with E-state index >= 15 is 0 Å². The van der Waals surface area contributed by atoms with E-state index in [0.717, 1.165) is 46.6 Å². The predicted octanol–water partition coefficient (Wildman–Crippen LogP) is 6.46. The first-order valence-electron chi connectivity index (χ1n) is 12.3. The first kappa shape index (κ1) is 22.8. The molecular weight excluding hydrogens is 483 g/mol. The highest BCUT2D eigenvalue weighted by Crippen LogP contribution is 2.36. The molecule has 1 saturated heterocycles. The Morgan fingerprint density at radius 3 is 2.51 bits per heavy atom. The van der Waals surface area contributed by atoms with Gasteiger partial charge in [0.05, 0.1) is 27.8 Å². The third-order valence-corrected chi connectivity index (χ3v) is 8.09. The van der Waals surface area contributed by atoms with E-state index in [-0.39, 0.29) is 6.10 Å². The van der Waals surface area contributed by atoms with E-state index in [1.807, 2.05) is 31.3 Å². The van der Waals surface area contributed by atoms with Crippen LogP contribution in [0.25, 0.3) is 22.2 Å². The average molecular weight is 511 g/mol. The largest absolute Gasteiger partial charge is 0.486 e. The molecular formula is C26H28Cl2N6O. The summed E-state index contributed by atoms with van der Waals surface area (Å²) in [5.74, 6) is 0.715. The van der Waals surface area contributed by atoms with Crippen molar-refractivity contribution in [1.82, 2.24) is 29.9 Å². The van der Waals surface area contributed by atoms with Gasteiger partial charge in [-0.3, -0.25) is 14.8 Å². The monoisotopic (exact) mass is 510 g/mol. The van der Waals surface area contributed by atoms with E-state index in [0.29, 0.717) is 21.8 Å². The second-order valence-corrected chi connectivity index (χ2v) is 10.4.